The van der Waals surface area contributed by atoms with E-state index in [1.54, 1.807) is 32.2 Å². The maximum atomic E-state index is 12.1. The quantitative estimate of drug-likeness (QED) is 0.818. The van der Waals surface area contributed by atoms with Crippen LogP contribution in [0.25, 0.3) is 10.9 Å². The highest BCUT2D eigenvalue weighted by Gasteiger charge is 2.13. The number of hydrogen-bond donors (Lipinski definition) is 1. The number of nitrogens with zero attached hydrogens (tertiary/aromatic N) is 2. The van der Waals surface area contributed by atoms with Crippen molar-refractivity contribution in [3.05, 3.63) is 44.1 Å². The van der Waals surface area contributed by atoms with Crippen LogP contribution in [0.5, 0.6) is 0 Å². The third-order valence-corrected chi connectivity index (χ3v) is 2.91. The number of hydrogen-bond acceptors (Lipinski definition) is 3. The maximum Gasteiger partial charge on any atom is 0.332 e. The molecule has 2 aromatic rings. The highest BCUT2D eigenvalue weighted by atomic mass is 35.5. The zero-order chi connectivity index (χ0) is 12.7. The topological polar surface area (TPSA) is 70.0 Å². The van der Waals surface area contributed by atoms with Gasteiger partial charge in [-0.3, -0.25) is 9.36 Å². The van der Waals surface area contributed by atoms with Gasteiger partial charge in [0.1, 0.15) is 0 Å². The van der Waals surface area contributed by atoms with E-state index in [9.17, 15) is 9.59 Å². The van der Waals surface area contributed by atoms with Gasteiger partial charge in [-0.05, 0) is 25.1 Å². The molecular formula is C11H12ClN3O2. The predicted molar refractivity (Wildman–Crippen MR) is 67.4 cm³/mol. The van der Waals surface area contributed by atoms with E-state index in [0.717, 1.165) is 4.57 Å². The fraction of sp³-hybridized carbons (Fsp3) is 0.273. The van der Waals surface area contributed by atoms with Crippen LogP contribution in [0.3, 0.4) is 0 Å². The average Bonchev–Trinajstić information content (AvgIpc) is 2.25. The largest absolute Gasteiger partial charge is 0.332 e. The molecule has 1 aromatic carbocycles. The Balaban J connectivity index is 3.06. The summed E-state index contributed by atoms with van der Waals surface area (Å²) in [6.07, 6.45) is -0.665. The lowest BCUT2D eigenvalue weighted by atomic mass is 10.2. The molecule has 1 unspecified atom stereocenters. The second-order valence-electron chi connectivity index (χ2n) is 3.92. The van der Waals surface area contributed by atoms with Gasteiger partial charge in [0.2, 0.25) is 0 Å². The molecule has 0 spiro atoms. The van der Waals surface area contributed by atoms with Crippen molar-refractivity contribution in [2.24, 2.45) is 12.8 Å². The van der Waals surface area contributed by atoms with Gasteiger partial charge < -0.3 is 5.73 Å². The molecule has 0 saturated carbocycles. The summed E-state index contributed by atoms with van der Waals surface area (Å²) in [5.41, 5.74) is 5.29. The molecule has 90 valence electrons. The number of rotatable bonds is 1. The number of nitrogens with two attached hydrogens (primary N) is 1. The van der Waals surface area contributed by atoms with Crippen molar-refractivity contribution in [2.75, 3.05) is 0 Å². The molecule has 17 heavy (non-hydrogen) atoms. The molecule has 1 heterocycles. The van der Waals surface area contributed by atoms with Gasteiger partial charge in [-0.15, -0.1) is 0 Å². The summed E-state index contributed by atoms with van der Waals surface area (Å²) in [6, 6.07) is 4.80. The van der Waals surface area contributed by atoms with Crippen LogP contribution in [-0.2, 0) is 7.05 Å². The van der Waals surface area contributed by atoms with Crippen LogP contribution >= 0.6 is 11.6 Å². The fourth-order valence-corrected chi connectivity index (χ4v) is 1.97. The van der Waals surface area contributed by atoms with Crippen LogP contribution in [0, 0.1) is 0 Å². The summed E-state index contributed by atoms with van der Waals surface area (Å²) in [5.74, 6) is 0. The summed E-state index contributed by atoms with van der Waals surface area (Å²) in [6.45, 7) is 1.59. The predicted octanol–water partition coefficient (Wildman–Crippen LogP) is 0.831. The van der Waals surface area contributed by atoms with Crippen molar-refractivity contribution < 1.29 is 0 Å². The van der Waals surface area contributed by atoms with Crippen LogP contribution in [0.4, 0.5) is 0 Å². The zero-order valence-electron chi connectivity index (χ0n) is 9.48. The van der Waals surface area contributed by atoms with Crippen molar-refractivity contribution in [3.63, 3.8) is 0 Å². The third-order valence-electron chi connectivity index (χ3n) is 2.67. The smallest absolute Gasteiger partial charge is 0.311 e. The van der Waals surface area contributed by atoms with Crippen LogP contribution in [0.2, 0.25) is 5.02 Å². The van der Waals surface area contributed by atoms with E-state index in [4.69, 9.17) is 17.3 Å². The molecule has 0 radical (unpaired) electrons. The lowest BCUT2D eigenvalue weighted by molar-refractivity contribution is 0.511. The maximum absolute atomic E-state index is 12.1. The Kier molecular flexibility index (Phi) is 2.81. The van der Waals surface area contributed by atoms with E-state index in [2.05, 4.69) is 0 Å². The molecule has 0 aliphatic carbocycles. The third kappa shape index (κ3) is 1.77. The summed E-state index contributed by atoms with van der Waals surface area (Å²) >= 11 is 5.85. The molecule has 0 amide bonds. The summed E-state index contributed by atoms with van der Waals surface area (Å²) < 4.78 is 2.39. The molecule has 1 aromatic heterocycles. The molecule has 0 saturated heterocycles. The first-order chi connectivity index (χ1) is 7.93. The second kappa shape index (κ2) is 4.01. The first-order valence-electron chi connectivity index (χ1n) is 5.10. The molecule has 0 fully saturated rings. The van der Waals surface area contributed by atoms with Gasteiger partial charge in [-0.25, -0.2) is 9.36 Å². The second-order valence-corrected chi connectivity index (χ2v) is 4.36. The molecule has 2 N–H and O–H groups in total. The van der Waals surface area contributed by atoms with Gasteiger partial charge in [0, 0.05) is 12.1 Å². The number of aryl methyl sites for hydroxylation is 1. The van der Waals surface area contributed by atoms with Crippen LogP contribution in [0.1, 0.15) is 13.1 Å². The highest BCUT2D eigenvalue weighted by Crippen LogP contribution is 2.15. The fourth-order valence-electron chi connectivity index (χ4n) is 1.80. The van der Waals surface area contributed by atoms with Crippen molar-refractivity contribution in [1.29, 1.82) is 0 Å². The minimum absolute atomic E-state index is 0.394. The Morgan fingerprint density at radius 2 is 2.00 bits per heavy atom. The average molecular weight is 254 g/mol. The molecule has 6 heteroatoms. The zero-order valence-corrected chi connectivity index (χ0v) is 10.2. The molecule has 0 aliphatic rings. The van der Waals surface area contributed by atoms with Crippen molar-refractivity contribution in [1.82, 2.24) is 9.13 Å². The monoisotopic (exact) mass is 253 g/mol. The van der Waals surface area contributed by atoms with Gasteiger partial charge >= 0.3 is 5.69 Å². The normalized spacial score (nSPS) is 12.9. The SMILES string of the molecule is CC(N)n1c(=O)c2ccc(Cl)cc2n(C)c1=O. The Morgan fingerprint density at radius 3 is 2.59 bits per heavy atom. The number of aromatic nitrogens is 2. The van der Waals surface area contributed by atoms with E-state index in [0.29, 0.717) is 15.9 Å². The lowest BCUT2D eigenvalue weighted by Crippen LogP contribution is -2.43. The van der Waals surface area contributed by atoms with E-state index in [-0.39, 0.29) is 0 Å². The van der Waals surface area contributed by atoms with Gasteiger partial charge in [-0.1, -0.05) is 11.6 Å². The van der Waals surface area contributed by atoms with E-state index in [1.165, 1.54) is 4.57 Å². The summed E-state index contributed by atoms with van der Waals surface area (Å²) in [5, 5.41) is 0.902. The molecular weight excluding hydrogens is 242 g/mol. The van der Waals surface area contributed by atoms with E-state index < -0.39 is 17.4 Å². The Morgan fingerprint density at radius 1 is 1.35 bits per heavy atom. The van der Waals surface area contributed by atoms with Gasteiger partial charge in [-0.2, -0.15) is 0 Å². The van der Waals surface area contributed by atoms with Gasteiger partial charge in [0.05, 0.1) is 17.1 Å². The minimum atomic E-state index is -0.665. The first kappa shape index (κ1) is 11.9. The molecule has 0 bridgehead atoms. The summed E-state index contributed by atoms with van der Waals surface area (Å²) in [4.78, 5) is 24.0. The molecule has 5 nitrogen and oxygen atoms in total. The van der Waals surface area contributed by atoms with Crippen LogP contribution in [-0.4, -0.2) is 9.13 Å². The highest BCUT2D eigenvalue weighted by molar-refractivity contribution is 6.31. The number of benzene rings is 1. The molecule has 1 atom stereocenters. The molecule has 0 aliphatic heterocycles. The summed E-state index contributed by atoms with van der Waals surface area (Å²) in [7, 11) is 1.58. The van der Waals surface area contributed by atoms with E-state index >= 15 is 0 Å². The van der Waals surface area contributed by atoms with Crippen molar-refractivity contribution in [3.8, 4) is 0 Å². The Labute approximate surface area is 102 Å². The van der Waals surface area contributed by atoms with Gasteiger partial charge in [0.25, 0.3) is 5.56 Å². The lowest BCUT2D eigenvalue weighted by Gasteiger charge is -2.13. The Bertz CT molecular complexity index is 700. The van der Waals surface area contributed by atoms with Crippen LogP contribution < -0.4 is 17.0 Å². The number of fused-ring (bicyclic) bond motifs is 1. The minimum Gasteiger partial charge on any atom is -0.311 e. The molecule has 2 rings (SSSR count). The van der Waals surface area contributed by atoms with E-state index in [1.807, 2.05) is 0 Å². The van der Waals surface area contributed by atoms with Crippen molar-refractivity contribution in [2.45, 2.75) is 13.1 Å². The standard InChI is InChI=1S/C11H12ClN3O2/c1-6(13)15-10(16)8-4-3-7(12)5-9(8)14(2)11(15)17/h3-6H,13H2,1-2H3. The van der Waals surface area contributed by atoms with Crippen LogP contribution in [0.15, 0.2) is 27.8 Å². The van der Waals surface area contributed by atoms with Crippen molar-refractivity contribution >= 4 is 22.5 Å². The Hall–Kier alpha value is -1.59. The van der Waals surface area contributed by atoms with Gasteiger partial charge in [0.15, 0.2) is 0 Å². The first-order valence-corrected chi connectivity index (χ1v) is 5.47. The number of halogens is 1.